The highest BCUT2D eigenvalue weighted by Crippen LogP contribution is 2.22. The predicted molar refractivity (Wildman–Crippen MR) is 65.5 cm³/mol. The van der Waals surface area contributed by atoms with Crippen LogP contribution in [0.1, 0.15) is 11.1 Å². The molecule has 0 bridgehead atoms. The summed E-state index contributed by atoms with van der Waals surface area (Å²) in [5.74, 6) is 0.832. The fraction of sp³-hybridized carbons (Fsp3) is 0.308. The molecule has 1 aromatic carbocycles. The number of hydrogen-bond acceptors (Lipinski definition) is 3. The van der Waals surface area contributed by atoms with Crippen molar-refractivity contribution in [1.82, 2.24) is 4.90 Å². The van der Waals surface area contributed by atoms with Crippen LogP contribution >= 0.6 is 0 Å². The number of nitrogens with zero attached hydrogens (tertiary/aromatic N) is 1. The van der Waals surface area contributed by atoms with Crippen molar-refractivity contribution in [3.05, 3.63) is 35.5 Å². The molecule has 0 heterocycles. The van der Waals surface area contributed by atoms with E-state index >= 15 is 0 Å². The highest BCUT2D eigenvalue weighted by atomic mass is 16.5. The van der Waals surface area contributed by atoms with Gasteiger partial charge in [0.05, 0.1) is 7.11 Å². The van der Waals surface area contributed by atoms with Gasteiger partial charge in [0, 0.05) is 25.9 Å². The van der Waals surface area contributed by atoms with Crippen LogP contribution in [0.5, 0.6) is 5.75 Å². The molecule has 0 saturated heterocycles. The molecule has 1 aromatic rings. The van der Waals surface area contributed by atoms with Gasteiger partial charge in [0.25, 0.3) is 0 Å². The molecular formula is C13H17NO2. The second-order valence-electron chi connectivity index (χ2n) is 3.85. The Morgan fingerprint density at radius 1 is 1.38 bits per heavy atom. The zero-order chi connectivity index (χ0) is 12.1. The van der Waals surface area contributed by atoms with Crippen LogP contribution in [0.2, 0.25) is 0 Å². The summed E-state index contributed by atoms with van der Waals surface area (Å²) in [5, 5.41) is 0. The molecule has 0 saturated carbocycles. The summed E-state index contributed by atoms with van der Waals surface area (Å²) in [4.78, 5) is 12.8. The van der Waals surface area contributed by atoms with Gasteiger partial charge in [-0.05, 0) is 30.2 Å². The molecule has 0 aliphatic rings. The van der Waals surface area contributed by atoms with Gasteiger partial charge < -0.3 is 9.64 Å². The topological polar surface area (TPSA) is 29.5 Å². The van der Waals surface area contributed by atoms with E-state index in [1.807, 2.05) is 44.1 Å². The van der Waals surface area contributed by atoms with Crippen molar-refractivity contribution in [3.63, 3.8) is 0 Å². The number of methoxy groups -OCH3 is 1. The minimum atomic E-state index is 0.663. The Balaban J connectivity index is 3.13. The maximum Gasteiger partial charge on any atom is 0.152 e. The van der Waals surface area contributed by atoms with E-state index in [0.717, 1.165) is 23.2 Å². The molecule has 1 rings (SSSR count). The smallest absolute Gasteiger partial charge is 0.152 e. The predicted octanol–water partition coefficient (Wildman–Crippen LogP) is 2.11. The first kappa shape index (κ1) is 12.3. The van der Waals surface area contributed by atoms with E-state index < -0.39 is 0 Å². The van der Waals surface area contributed by atoms with Crippen molar-refractivity contribution in [2.45, 2.75) is 6.92 Å². The second kappa shape index (κ2) is 5.35. The van der Waals surface area contributed by atoms with Gasteiger partial charge in [-0.15, -0.1) is 0 Å². The molecule has 0 spiro atoms. The summed E-state index contributed by atoms with van der Waals surface area (Å²) in [6.45, 7) is 1.96. The van der Waals surface area contributed by atoms with Gasteiger partial charge in [0.2, 0.25) is 0 Å². The van der Waals surface area contributed by atoms with Gasteiger partial charge in [-0.1, -0.05) is 6.07 Å². The van der Waals surface area contributed by atoms with Crippen molar-refractivity contribution < 1.29 is 9.53 Å². The van der Waals surface area contributed by atoms with Gasteiger partial charge in [0.15, 0.2) is 6.29 Å². The van der Waals surface area contributed by atoms with Crippen LogP contribution in [0.3, 0.4) is 0 Å². The maximum atomic E-state index is 11.0. The first-order valence-electron chi connectivity index (χ1n) is 5.07. The third-order valence-electron chi connectivity index (χ3n) is 2.25. The summed E-state index contributed by atoms with van der Waals surface area (Å²) < 4.78 is 5.18. The summed E-state index contributed by atoms with van der Waals surface area (Å²) in [5.41, 5.74) is 2.59. The van der Waals surface area contributed by atoms with Crippen LogP contribution in [0.15, 0.2) is 24.4 Å². The lowest BCUT2D eigenvalue weighted by Crippen LogP contribution is -2.03. The molecular weight excluding hydrogens is 202 g/mol. The zero-order valence-corrected chi connectivity index (χ0v) is 10.2. The minimum absolute atomic E-state index is 0.663. The van der Waals surface area contributed by atoms with E-state index in [2.05, 4.69) is 0 Å². The molecule has 16 heavy (non-hydrogen) atoms. The summed E-state index contributed by atoms with van der Waals surface area (Å²) in [6.07, 6.45) is 2.66. The average molecular weight is 219 g/mol. The normalized spacial score (nSPS) is 11.1. The van der Waals surface area contributed by atoms with Crippen LogP contribution in [0.25, 0.3) is 5.57 Å². The lowest BCUT2D eigenvalue weighted by atomic mass is 10.0. The maximum absolute atomic E-state index is 11.0. The van der Waals surface area contributed by atoms with Gasteiger partial charge in [-0.25, -0.2) is 0 Å². The lowest BCUT2D eigenvalue weighted by molar-refractivity contribution is -0.103. The highest BCUT2D eigenvalue weighted by molar-refractivity contribution is 6.06. The Hall–Kier alpha value is -1.77. The molecule has 0 amide bonds. The molecule has 0 fully saturated rings. The summed E-state index contributed by atoms with van der Waals surface area (Å²) >= 11 is 0. The number of aldehydes is 1. The molecule has 0 radical (unpaired) electrons. The van der Waals surface area contributed by atoms with Crippen molar-refractivity contribution in [2.75, 3.05) is 21.2 Å². The van der Waals surface area contributed by atoms with Gasteiger partial charge in [-0.2, -0.15) is 0 Å². The number of carbonyl (C=O) groups excluding carboxylic acids is 1. The third-order valence-corrected chi connectivity index (χ3v) is 2.25. The quantitative estimate of drug-likeness (QED) is 0.573. The van der Waals surface area contributed by atoms with E-state index in [9.17, 15) is 4.79 Å². The van der Waals surface area contributed by atoms with E-state index in [0.29, 0.717) is 5.57 Å². The third kappa shape index (κ3) is 2.86. The number of carbonyl (C=O) groups is 1. The first-order chi connectivity index (χ1) is 7.58. The van der Waals surface area contributed by atoms with E-state index in [1.165, 1.54) is 0 Å². The van der Waals surface area contributed by atoms with Gasteiger partial charge in [-0.3, -0.25) is 4.79 Å². The minimum Gasteiger partial charge on any atom is -0.496 e. The van der Waals surface area contributed by atoms with Crippen molar-refractivity contribution >= 4 is 11.9 Å². The fourth-order valence-corrected chi connectivity index (χ4v) is 1.51. The van der Waals surface area contributed by atoms with Crippen LogP contribution in [-0.2, 0) is 4.79 Å². The highest BCUT2D eigenvalue weighted by Gasteiger charge is 2.04. The number of allylic oxidation sites excluding steroid dienone is 1. The Morgan fingerprint density at radius 3 is 2.50 bits per heavy atom. The molecule has 3 nitrogen and oxygen atoms in total. The molecule has 86 valence electrons. The fourth-order valence-electron chi connectivity index (χ4n) is 1.51. The second-order valence-corrected chi connectivity index (χ2v) is 3.85. The Bertz CT molecular complexity index is 408. The molecule has 0 atom stereocenters. The molecule has 3 heteroatoms. The van der Waals surface area contributed by atoms with Crippen LogP contribution in [-0.4, -0.2) is 32.4 Å². The Morgan fingerprint density at radius 2 is 2.06 bits per heavy atom. The molecule has 0 N–H and O–H groups in total. The average Bonchev–Trinajstić information content (AvgIpc) is 2.25. The zero-order valence-electron chi connectivity index (χ0n) is 10.2. The van der Waals surface area contributed by atoms with Gasteiger partial charge in [0.1, 0.15) is 5.75 Å². The van der Waals surface area contributed by atoms with Crippen molar-refractivity contribution in [3.8, 4) is 5.75 Å². The van der Waals surface area contributed by atoms with Crippen LogP contribution < -0.4 is 4.74 Å². The lowest BCUT2D eigenvalue weighted by Gasteiger charge is -2.10. The number of ether oxygens (including phenoxy) is 1. The van der Waals surface area contributed by atoms with E-state index in [1.54, 1.807) is 13.3 Å². The Kier molecular flexibility index (Phi) is 4.11. The Labute approximate surface area is 96.3 Å². The number of hydrogen-bond donors (Lipinski definition) is 0. The molecule has 0 aliphatic heterocycles. The molecule has 0 aromatic heterocycles. The van der Waals surface area contributed by atoms with Gasteiger partial charge >= 0.3 is 0 Å². The number of aryl methyl sites for hydroxylation is 1. The van der Waals surface area contributed by atoms with E-state index in [-0.39, 0.29) is 0 Å². The largest absolute Gasteiger partial charge is 0.496 e. The molecule has 0 unspecified atom stereocenters. The summed E-state index contributed by atoms with van der Waals surface area (Å²) in [6, 6.07) is 5.70. The first-order valence-corrected chi connectivity index (χ1v) is 5.07. The molecule has 0 aliphatic carbocycles. The standard InChI is InChI=1S/C13H17NO2/c1-10-7-11(5-6-13(10)16-4)12(9-15)8-14(2)3/h5-9H,1-4H3/b12-8+. The van der Waals surface area contributed by atoms with Crippen molar-refractivity contribution in [1.29, 1.82) is 0 Å². The van der Waals surface area contributed by atoms with Crippen molar-refractivity contribution in [2.24, 2.45) is 0 Å². The monoisotopic (exact) mass is 219 g/mol. The SMILES string of the molecule is COc1ccc(/C(C=O)=C/N(C)C)cc1C. The van der Waals surface area contributed by atoms with Crippen LogP contribution in [0.4, 0.5) is 0 Å². The summed E-state index contributed by atoms with van der Waals surface area (Å²) in [7, 11) is 5.41. The number of rotatable bonds is 4. The van der Waals surface area contributed by atoms with Crippen LogP contribution in [0, 0.1) is 6.92 Å². The number of benzene rings is 1. The van der Waals surface area contributed by atoms with E-state index in [4.69, 9.17) is 4.74 Å².